The molecular formula is C12H11Cl2FN4O. The Morgan fingerprint density at radius 1 is 1.20 bits per heavy atom. The third kappa shape index (κ3) is 3.04. The Balaban J connectivity index is 2.34. The second-order valence-electron chi connectivity index (χ2n) is 3.77. The number of halogens is 3. The molecule has 0 aliphatic rings. The van der Waals surface area contributed by atoms with Crippen molar-refractivity contribution < 1.29 is 9.13 Å². The van der Waals surface area contributed by atoms with Crippen molar-refractivity contribution >= 4 is 40.5 Å². The lowest BCUT2D eigenvalue weighted by atomic mass is 10.3. The molecule has 0 atom stereocenters. The molecule has 0 amide bonds. The minimum Gasteiger partial charge on any atom is -0.494 e. The van der Waals surface area contributed by atoms with E-state index in [2.05, 4.69) is 15.7 Å². The fourth-order valence-corrected chi connectivity index (χ4v) is 1.99. The monoisotopic (exact) mass is 316 g/mol. The minimum atomic E-state index is -0.461. The number of hydrogen-bond acceptors (Lipinski definition) is 5. The van der Waals surface area contributed by atoms with Crippen LogP contribution in [0.5, 0.6) is 5.75 Å². The summed E-state index contributed by atoms with van der Waals surface area (Å²) in [4.78, 5) is 4.12. The van der Waals surface area contributed by atoms with Crippen LogP contribution >= 0.6 is 23.2 Å². The van der Waals surface area contributed by atoms with E-state index >= 15 is 0 Å². The van der Waals surface area contributed by atoms with Crippen LogP contribution < -0.4 is 21.3 Å². The molecule has 2 rings (SSSR count). The number of methoxy groups -OCH3 is 1. The van der Waals surface area contributed by atoms with Gasteiger partial charge in [-0.3, -0.25) is 0 Å². The Labute approximate surface area is 124 Å². The number of nitrogens with one attached hydrogen (secondary N) is 2. The molecule has 0 aliphatic heterocycles. The lowest BCUT2D eigenvalue weighted by Gasteiger charge is -2.11. The van der Waals surface area contributed by atoms with E-state index < -0.39 is 5.82 Å². The summed E-state index contributed by atoms with van der Waals surface area (Å²) < 4.78 is 18.2. The Bertz CT molecular complexity index is 639. The van der Waals surface area contributed by atoms with Crippen molar-refractivity contribution in [3.63, 3.8) is 0 Å². The number of nitrogens with two attached hydrogens (primary N) is 1. The zero-order valence-corrected chi connectivity index (χ0v) is 11.9. The molecule has 2 aromatic rings. The number of aromatic nitrogens is 1. The van der Waals surface area contributed by atoms with Crippen molar-refractivity contribution in [2.45, 2.75) is 0 Å². The van der Waals surface area contributed by atoms with E-state index in [0.29, 0.717) is 21.6 Å². The van der Waals surface area contributed by atoms with Crippen LogP contribution in [-0.2, 0) is 0 Å². The minimum absolute atomic E-state index is 0.109. The highest BCUT2D eigenvalue weighted by atomic mass is 35.5. The molecule has 0 fully saturated rings. The Kier molecular flexibility index (Phi) is 4.49. The van der Waals surface area contributed by atoms with Crippen LogP contribution in [0.2, 0.25) is 10.0 Å². The van der Waals surface area contributed by atoms with Crippen LogP contribution in [0.4, 0.5) is 21.7 Å². The molecule has 20 heavy (non-hydrogen) atoms. The molecule has 8 heteroatoms. The van der Waals surface area contributed by atoms with Gasteiger partial charge in [0.1, 0.15) is 0 Å². The highest BCUT2D eigenvalue weighted by Crippen LogP contribution is 2.31. The molecule has 1 heterocycles. The van der Waals surface area contributed by atoms with E-state index in [0.717, 1.165) is 0 Å². The number of rotatable bonds is 4. The van der Waals surface area contributed by atoms with Crippen LogP contribution in [-0.4, -0.2) is 12.1 Å². The lowest BCUT2D eigenvalue weighted by molar-refractivity contribution is 0.387. The van der Waals surface area contributed by atoms with Crippen molar-refractivity contribution in [2.24, 2.45) is 5.84 Å². The number of nitrogen functional groups attached to an aromatic ring is 1. The summed E-state index contributed by atoms with van der Waals surface area (Å²) in [7, 11) is 1.38. The van der Waals surface area contributed by atoms with Gasteiger partial charge in [-0.05, 0) is 18.2 Å². The first-order valence-electron chi connectivity index (χ1n) is 5.48. The third-order valence-electron chi connectivity index (χ3n) is 2.48. The fraction of sp³-hybridized carbons (Fsp3) is 0.0833. The molecule has 0 saturated carbocycles. The summed E-state index contributed by atoms with van der Waals surface area (Å²) in [5.41, 5.74) is 2.91. The van der Waals surface area contributed by atoms with Gasteiger partial charge in [0.15, 0.2) is 23.2 Å². The molecule has 4 N–H and O–H groups in total. The summed E-state index contributed by atoms with van der Waals surface area (Å²) in [6, 6.07) is 5.78. The molecule has 5 nitrogen and oxygen atoms in total. The zero-order valence-electron chi connectivity index (χ0n) is 10.4. The van der Waals surface area contributed by atoms with E-state index in [9.17, 15) is 4.39 Å². The fourth-order valence-electron chi connectivity index (χ4n) is 1.53. The van der Waals surface area contributed by atoms with Gasteiger partial charge in [-0.1, -0.05) is 23.2 Å². The molecule has 0 unspecified atom stereocenters. The van der Waals surface area contributed by atoms with Gasteiger partial charge in [0, 0.05) is 11.8 Å². The quantitative estimate of drug-likeness (QED) is 0.594. The maximum Gasteiger partial charge on any atom is 0.165 e. The van der Waals surface area contributed by atoms with Crippen LogP contribution in [0.1, 0.15) is 0 Å². The van der Waals surface area contributed by atoms with Gasteiger partial charge in [0.2, 0.25) is 0 Å². The summed E-state index contributed by atoms with van der Waals surface area (Å²) in [5.74, 6) is 5.54. The highest BCUT2D eigenvalue weighted by Gasteiger charge is 2.10. The number of hydrazine groups is 1. The van der Waals surface area contributed by atoms with E-state index in [4.69, 9.17) is 33.8 Å². The van der Waals surface area contributed by atoms with Crippen molar-refractivity contribution in [3.8, 4) is 5.75 Å². The second-order valence-corrected chi connectivity index (χ2v) is 4.58. The van der Waals surface area contributed by atoms with Gasteiger partial charge in [-0.15, -0.1) is 0 Å². The highest BCUT2D eigenvalue weighted by molar-refractivity contribution is 6.37. The molecule has 0 radical (unpaired) electrons. The average Bonchev–Trinajstić information content (AvgIpc) is 2.43. The molecule has 0 saturated heterocycles. The lowest BCUT2D eigenvalue weighted by Crippen LogP contribution is -2.10. The van der Waals surface area contributed by atoms with Crippen LogP contribution in [0.3, 0.4) is 0 Å². The summed E-state index contributed by atoms with van der Waals surface area (Å²) >= 11 is 11.9. The summed E-state index contributed by atoms with van der Waals surface area (Å²) in [6.45, 7) is 0. The maximum absolute atomic E-state index is 13.3. The van der Waals surface area contributed by atoms with E-state index in [1.54, 1.807) is 0 Å². The Morgan fingerprint density at radius 2 is 1.90 bits per heavy atom. The van der Waals surface area contributed by atoms with Gasteiger partial charge in [0.25, 0.3) is 0 Å². The number of benzene rings is 1. The average molecular weight is 317 g/mol. The van der Waals surface area contributed by atoms with Crippen LogP contribution in [0, 0.1) is 5.82 Å². The van der Waals surface area contributed by atoms with Crippen molar-refractivity contribution in [2.75, 3.05) is 17.9 Å². The largest absolute Gasteiger partial charge is 0.494 e. The Morgan fingerprint density at radius 3 is 2.55 bits per heavy atom. The molecule has 0 bridgehead atoms. The predicted molar refractivity (Wildman–Crippen MR) is 78.3 cm³/mol. The van der Waals surface area contributed by atoms with Gasteiger partial charge < -0.3 is 15.5 Å². The van der Waals surface area contributed by atoms with Gasteiger partial charge in [0.05, 0.1) is 17.2 Å². The maximum atomic E-state index is 13.3. The number of ether oxygens (including phenoxy) is 1. The summed E-state index contributed by atoms with van der Waals surface area (Å²) in [5, 5.41) is 3.53. The third-order valence-corrected chi connectivity index (χ3v) is 3.06. The molecule has 1 aromatic heterocycles. The first-order chi connectivity index (χ1) is 9.55. The van der Waals surface area contributed by atoms with E-state index in [1.165, 1.54) is 31.4 Å². The molecule has 0 spiro atoms. The van der Waals surface area contributed by atoms with Gasteiger partial charge in [-0.2, -0.15) is 0 Å². The normalized spacial score (nSPS) is 10.2. The SMILES string of the molecule is COc1cc(Nc2nc(NN)c(Cl)cc2Cl)ccc1F. The van der Waals surface area contributed by atoms with E-state index in [-0.39, 0.29) is 11.6 Å². The standard InChI is InChI=1S/C12H11Cl2FN4O/c1-20-10-4-6(2-3-9(10)15)17-11-7(13)5-8(14)12(18-11)19-16/h2-5H,16H2,1H3,(H2,17,18,19). The number of pyridine rings is 1. The van der Waals surface area contributed by atoms with Crippen molar-refractivity contribution in [1.82, 2.24) is 4.98 Å². The number of hydrogen-bond donors (Lipinski definition) is 3. The van der Waals surface area contributed by atoms with Crippen molar-refractivity contribution in [3.05, 3.63) is 40.1 Å². The van der Waals surface area contributed by atoms with Crippen LogP contribution in [0.15, 0.2) is 24.3 Å². The molecule has 1 aromatic carbocycles. The first-order valence-corrected chi connectivity index (χ1v) is 6.24. The van der Waals surface area contributed by atoms with Gasteiger partial charge in [-0.25, -0.2) is 15.2 Å². The van der Waals surface area contributed by atoms with Crippen LogP contribution in [0.25, 0.3) is 0 Å². The predicted octanol–water partition coefficient (Wildman–Crippen LogP) is 3.57. The zero-order chi connectivity index (χ0) is 14.7. The Hall–Kier alpha value is -1.76. The second kappa shape index (κ2) is 6.13. The first kappa shape index (κ1) is 14.6. The molecule has 0 aliphatic carbocycles. The summed E-state index contributed by atoms with van der Waals surface area (Å²) in [6.07, 6.45) is 0. The molecule has 106 valence electrons. The smallest absolute Gasteiger partial charge is 0.165 e. The molecular weight excluding hydrogens is 306 g/mol. The topological polar surface area (TPSA) is 72.2 Å². The van der Waals surface area contributed by atoms with Crippen molar-refractivity contribution in [1.29, 1.82) is 0 Å². The van der Waals surface area contributed by atoms with E-state index in [1.807, 2.05) is 0 Å². The number of nitrogens with zero attached hydrogens (tertiary/aromatic N) is 1. The number of anilines is 3. The van der Waals surface area contributed by atoms with Gasteiger partial charge >= 0.3 is 0 Å².